The quantitative estimate of drug-likeness (QED) is 0.263. The first-order chi connectivity index (χ1) is 16.9. The average Bonchev–Trinajstić information content (AvgIpc) is 3.37. The van der Waals surface area contributed by atoms with Crippen molar-refractivity contribution in [2.45, 2.75) is 32.9 Å². The fourth-order valence-corrected chi connectivity index (χ4v) is 4.08. The second kappa shape index (κ2) is 9.39. The molecule has 1 aliphatic rings. The number of fused-ring (bicyclic) bond motifs is 2. The van der Waals surface area contributed by atoms with Crippen LogP contribution in [0.25, 0.3) is 22.1 Å². The lowest BCUT2D eigenvalue weighted by Crippen LogP contribution is -2.43. The van der Waals surface area contributed by atoms with Crippen molar-refractivity contribution in [1.82, 2.24) is 35.3 Å². The zero-order valence-electron chi connectivity index (χ0n) is 19.1. The molecule has 1 saturated heterocycles. The molecule has 192 valence electrons. The third kappa shape index (κ3) is 5.04. The number of aryl methyl sites for hydroxylation is 2. The first-order valence-electron chi connectivity index (χ1n) is 10.9. The Labute approximate surface area is 198 Å². The second-order valence-electron chi connectivity index (χ2n) is 8.41. The van der Waals surface area contributed by atoms with Gasteiger partial charge in [0.1, 0.15) is 11.3 Å². The third-order valence-electron chi connectivity index (χ3n) is 5.89. The fourth-order valence-electron chi connectivity index (χ4n) is 4.08. The molecule has 1 aliphatic heterocycles. The highest BCUT2D eigenvalue weighted by Crippen LogP contribution is 2.34. The van der Waals surface area contributed by atoms with Crippen LogP contribution in [0.15, 0.2) is 26.5 Å². The lowest BCUT2D eigenvalue weighted by atomic mass is 9.97. The van der Waals surface area contributed by atoms with Gasteiger partial charge >= 0.3 is 12.3 Å². The molecule has 0 bridgehead atoms. The number of ether oxygens (including phenoxy) is 1. The van der Waals surface area contributed by atoms with Crippen LogP contribution in [0.5, 0.6) is 5.88 Å². The molecule has 0 unspecified atom stereocenters. The number of alkyl halides is 3. The number of aromatic amines is 5. The molecule has 0 aliphatic carbocycles. The number of amides is 1. The molecule has 4 aromatic rings. The van der Waals surface area contributed by atoms with Gasteiger partial charge in [-0.1, -0.05) is 0 Å². The van der Waals surface area contributed by atoms with E-state index in [1.165, 1.54) is 17.0 Å². The Morgan fingerprint density at radius 3 is 2.17 bits per heavy atom. The summed E-state index contributed by atoms with van der Waals surface area (Å²) in [6.07, 6.45) is -5.29. The number of rotatable bonds is 1. The Kier molecular flexibility index (Phi) is 6.47. The van der Waals surface area contributed by atoms with Crippen LogP contribution in [-0.4, -0.2) is 60.6 Å². The van der Waals surface area contributed by atoms with Crippen molar-refractivity contribution in [3.63, 3.8) is 0 Å². The van der Waals surface area contributed by atoms with E-state index < -0.39 is 18.2 Å². The van der Waals surface area contributed by atoms with E-state index in [2.05, 4.69) is 30.4 Å². The van der Waals surface area contributed by atoms with E-state index in [0.717, 1.165) is 0 Å². The van der Waals surface area contributed by atoms with Crippen LogP contribution in [0.2, 0.25) is 0 Å². The Morgan fingerprint density at radius 2 is 1.56 bits per heavy atom. The topological polar surface area (TPSA) is 173 Å². The fraction of sp³-hybridized carbons (Fsp3) is 0.381. The normalized spacial score (nSPS) is 14.6. The number of hydrogen-bond donors (Lipinski definition) is 5. The van der Waals surface area contributed by atoms with Crippen molar-refractivity contribution in [1.29, 1.82) is 0 Å². The minimum absolute atomic E-state index is 0.0123. The van der Waals surface area contributed by atoms with Gasteiger partial charge < -0.3 is 19.6 Å². The summed E-state index contributed by atoms with van der Waals surface area (Å²) in [5, 5.41) is 12.3. The summed E-state index contributed by atoms with van der Waals surface area (Å²) in [5.74, 6) is -1.40. The van der Waals surface area contributed by atoms with E-state index >= 15 is 0 Å². The lowest BCUT2D eigenvalue weighted by Gasteiger charge is -2.31. The predicted molar refractivity (Wildman–Crippen MR) is 122 cm³/mol. The molecule has 0 atom stereocenters. The van der Waals surface area contributed by atoms with E-state index in [4.69, 9.17) is 4.74 Å². The smallest absolute Gasteiger partial charge is 0.389 e. The van der Waals surface area contributed by atoms with Gasteiger partial charge in [-0.25, -0.2) is 4.79 Å². The van der Waals surface area contributed by atoms with Crippen molar-refractivity contribution in [2.75, 3.05) is 13.1 Å². The predicted octanol–water partition coefficient (Wildman–Crippen LogP) is 2.19. The number of aromatic nitrogens is 6. The van der Waals surface area contributed by atoms with Crippen LogP contribution in [0.4, 0.5) is 18.0 Å². The lowest BCUT2D eigenvalue weighted by molar-refractivity contribution is -0.183. The molecular weight excluding hydrogens is 487 g/mol. The molecule has 0 aromatic carbocycles. The standard InChI is InChI=1S/C14H15F3N4O3.C7H7N3O2/c1-7-6-9(22)18-11-10(7)12(20-19-11)24-13(23)21-4-2-8(3-5-21)14(15,16)17;1-3-2-4(11)8-6-5(3)7(12)10-9-6/h6,8H,2-5H2,1H3,(H2,18,19,20,22);2H,1H3,(H3,8,9,10,11,12). The summed E-state index contributed by atoms with van der Waals surface area (Å²) < 4.78 is 43.1. The van der Waals surface area contributed by atoms with Gasteiger partial charge in [-0.05, 0) is 37.8 Å². The Balaban J connectivity index is 0.000000211. The van der Waals surface area contributed by atoms with Gasteiger partial charge in [0, 0.05) is 25.2 Å². The molecular formula is C21H22F3N7O5. The van der Waals surface area contributed by atoms with Gasteiger partial charge in [0.15, 0.2) is 0 Å². The van der Waals surface area contributed by atoms with E-state index in [1.54, 1.807) is 13.8 Å². The first kappa shape index (κ1) is 24.8. The Morgan fingerprint density at radius 1 is 0.972 bits per heavy atom. The first-order valence-corrected chi connectivity index (χ1v) is 10.9. The van der Waals surface area contributed by atoms with Crippen molar-refractivity contribution in [3.05, 3.63) is 54.3 Å². The monoisotopic (exact) mass is 509 g/mol. The number of hydrogen-bond acceptors (Lipinski definition) is 6. The molecule has 5 rings (SSSR count). The largest absolute Gasteiger partial charge is 0.416 e. The van der Waals surface area contributed by atoms with Crippen LogP contribution in [0.1, 0.15) is 24.0 Å². The van der Waals surface area contributed by atoms with E-state index in [-0.39, 0.29) is 48.5 Å². The number of nitrogens with zero attached hydrogens (tertiary/aromatic N) is 2. The van der Waals surface area contributed by atoms with Gasteiger partial charge in [0.2, 0.25) is 11.1 Å². The van der Waals surface area contributed by atoms with Gasteiger partial charge in [0.05, 0.1) is 16.7 Å². The summed E-state index contributed by atoms with van der Waals surface area (Å²) in [6.45, 7) is 3.34. The van der Waals surface area contributed by atoms with Crippen LogP contribution in [0.3, 0.4) is 0 Å². The Bertz CT molecular complexity index is 1590. The van der Waals surface area contributed by atoms with Gasteiger partial charge in [0.25, 0.3) is 11.4 Å². The SMILES string of the molecule is Cc1cc(=O)[nH]c2[nH][nH]c(=O)c12.Cc1cc(=O)[nH]c2[nH]nc(OC(=O)N3CCC(C(F)(F)F)CC3)c12. The maximum atomic E-state index is 12.6. The highest BCUT2D eigenvalue weighted by molar-refractivity contribution is 5.86. The van der Waals surface area contributed by atoms with Crippen molar-refractivity contribution < 1.29 is 22.7 Å². The maximum Gasteiger partial charge on any atom is 0.416 e. The number of halogens is 3. The van der Waals surface area contributed by atoms with Crippen molar-refractivity contribution >= 4 is 28.2 Å². The summed E-state index contributed by atoms with van der Waals surface area (Å²) in [4.78, 5) is 51.8. The molecule has 1 fully saturated rings. The van der Waals surface area contributed by atoms with Crippen molar-refractivity contribution in [2.24, 2.45) is 5.92 Å². The van der Waals surface area contributed by atoms with Gasteiger partial charge in [-0.15, -0.1) is 5.10 Å². The van der Waals surface area contributed by atoms with E-state index in [1.807, 2.05) is 0 Å². The molecule has 12 nitrogen and oxygen atoms in total. The minimum atomic E-state index is -4.24. The van der Waals surface area contributed by atoms with E-state index in [9.17, 15) is 32.3 Å². The zero-order chi connectivity index (χ0) is 26.2. The molecule has 0 saturated carbocycles. The summed E-state index contributed by atoms with van der Waals surface area (Å²) >= 11 is 0. The zero-order valence-corrected chi connectivity index (χ0v) is 19.1. The molecule has 5 N–H and O–H groups in total. The average molecular weight is 509 g/mol. The number of pyridine rings is 2. The molecule has 15 heteroatoms. The van der Waals surface area contributed by atoms with E-state index in [0.29, 0.717) is 33.2 Å². The summed E-state index contributed by atoms with van der Waals surface area (Å²) in [6, 6.07) is 2.73. The maximum absolute atomic E-state index is 12.6. The van der Waals surface area contributed by atoms with Gasteiger partial charge in [-0.3, -0.25) is 29.7 Å². The Hall–Kier alpha value is -4.30. The molecule has 5 heterocycles. The summed E-state index contributed by atoms with van der Waals surface area (Å²) in [7, 11) is 0. The molecule has 4 aromatic heterocycles. The molecule has 0 spiro atoms. The third-order valence-corrected chi connectivity index (χ3v) is 5.89. The highest BCUT2D eigenvalue weighted by atomic mass is 19.4. The van der Waals surface area contributed by atoms with Crippen molar-refractivity contribution in [3.8, 4) is 5.88 Å². The molecule has 0 radical (unpaired) electrons. The van der Waals surface area contributed by atoms with Crippen LogP contribution in [0, 0.1) is 19.8 Å². The minimum Gasteiger partial charge on any atom is -0.389 e. The van der Waals surface area contributed by atoms with Crippen LogP contribution in [-0.2, 0) is 0 Å². The number of likely N-dealkylation sites (tertiary alicyclic amines) is 1. The highest BCUT2D eigenvalue weighted by Gasteiger charge is 2.42. The number of carbonyl (C=O) groups excluding carboxylic acids is 1. The number of H-pyrrole nitrogens is 5. The number of carbonyl (C=O) groups is 1. The van der Waals surface area contributed by atoms with Gasteiger partial charge in [-0.2, -0.15) is 13.2 Å². The van der Waals surface area contributed by atoms with Crippen LogP contribution < -0.4 is 21.4 Å². The molecule has 1 amide bonds. The van der Waals surface area contributed by atoms with Crippen LogP contribution >= 0.6 is 0 Å². The second-order valence-corrected chi connectivity index (χ2v) is 8.41. The summed E-state index contributed by atoms with van der Waals surface area (Å²) in [5.41, 5.74) is 1.27. The number of piperidine rings is 1. The number of nitrogens with one attached hydrogen (secondary N) is 5. The molecule has 36 heavy (non-hydrogen) atoms.